The summed E-state index contributed by atoms with van der Waals surface area (Å²) in [6.07, 6.45) is -0.0931. The molecular formula is C14H20IN3O3. The van der Waals surface area contributed by atoms with Crippen LogP contribution >= 0.6 is 24.0 Å². The van der Waals surface area contributed by atoms with Gasteiger partial charge in [0.05, 0.1) is 19.8 Å². The SMILES string of the molecule is I.NC(=NCC1COc2ccccc2O1)N1CCOCC1. The van der Waals surface area contributed by atoms with E-state index in [0.717, 1.165) is 24.6 Å². The molecule has 2 heterocycles. The molecule has 1 aromatic carbocycles. The number of hydrogen-bond acceptors (Lipinski definition) is 4. The first-order chi connectivity index (χ1) is 9.83. The van der Waals surface area contributed by atoms with Gasteiger partial charge in [-0.05, 0) is 12.1 Å². The Kier molecular flexibility index (Phi) is 5.92. The lowest BCUT2D eigenvalue weighted by molar-refractivity contribution is 0.0668. The summed E-state index contributed by atoms with van der Waals surface area (Å²) in [4.78, 5) is 6.43. The van der Waals surface area contributed by atoms with E-state index in [4.69, 9.17) is 19.9 Å². The Balaban J connectivity index is 0.00000161. The van der Waals surface area contributed by atoms with Crippen LogP contribution in [0.3, 0.4) is 0 Å². The molecular weight excluding hydrogens is 385 g/mol. The Morgan fingerprint density at radius 3 is 2.71 bits per heavy atom. The molecule has 2 aliphatic heterocycles. The third-order valence-electron chi connectivity index (χ3n) is 3.36. The van der Waals surface area contributed by atoms with E-state index in [-0.39, 0.29) is 30.1 Å². The number of fused-ring (bicyclic) bond motifs is 1. The average Bonchev–Trinajstić information content (AvgIpc) is 2.53. The van der Waals surface area contributed by atoms with Crippen LogP contribution in [0.25, 0.3) is 0 Å². The van der Waals surface area contributed by atoms with Gasteiger partial charge in [-0.15, -0.1) is 24.0 Å². The number of hydrogen-bond donors (Lipinski definition) is 1. The van der Waals surface area contributed by atoms with Crippen molar-refractivity contribution in [1.29, 1.82) is 0 Å². The second-order valence-electron chi connectivity index (χ2n) is 4.80. The highest BCUT2D eigenvalue weighted by atomic mass is 127. The molecule has 0 radical (unpaired) electrons. The number of guanidine groups is 1. The van der Waals surface area contributed by atoms with Gasteiger partial charge in [0.2, 0.25) is 0 Å². The van der Waals surface area contributed by atoms with Gasteiger partial charge in [-0.25, -0.2) is 4.99 Å². The van der Waals surface area contributed by atoms with E-state index < -0.39 is 0 Å². The summed E-state index contributed by atoms with van der Waals surface area (Å²) < 4.78 is 16.8. The van der Waals surface area contributed by atoms with Gasteiger partial charge >= 0.3 is 0 Å². The van der Waals surface area contributed by atoms with E-state index in [0.29, 0.717) is 32.3 Å². The van der Waals surface area contributed by atoms with Gasteiger partial charge in [0, 0.05) is 13.1 Å². The number of aliphatic imine (C=N–C) groups is 1. The predicted molar refractivity (Wildman–Crippen MR) is 90.6 cm³/mol. The van der Waals surface area contributed by atoms with Gasteiger partial charge in [0.25, 0.3) is 0 Å². The van der Waals surface area contributed by atoms with E-state index in [1.807, 2.05) is 29.2 Å². The van der Waals surface area contributed by atoms with Crippen molar-refractivity contribution in [2.45, 2.75) is 6.10 Å². The van der Waals surface area contributed by atoms with E-state index in [1.54, 1.807) is 0 Å². The number of rotatable bonds is 2. The number of halogens is 1. The highest BCUT2D eigenvalue weighted by molar-refractivity contribution is 14.0. The van der Waals surface area contributed by atoms with Crippen LogP contribution < -0.4 is 15.2 Å². The Bertz CT molecular complexity index is 492. The minimum Gasteiger partial charge on any atom is -0.486 e. The molecule has 1 atom stereocenters. The van der Waals surface area contributed by atoms with Crippen molar-refractivity contribution in [3.8, 4) is 11.5 Å². The third kappa shape index (κ3) is 4.13. The molecule has 116 valence electrons. The molecule has 1 unspecified atom stereocenters. The van der Waals surface area contributed by atoms with Gasteiger partial charge in [0.1, 0.15) is 6.61 Å². The number of benzene rings is 1. The van der Waals surface area contributed by atoms with Crippen molar-refractivity contribution in [1.82, 2.24) is 4.90 Å². The zero-order valence-corrected chi connectivity index (χ0v) is 14.1. The summed E-state index contributed by atoms with van der Waals surface area (Å²) in [7, 11) is 0. The third-order valence-corrected chi connectivity index (χ3v) is 3.36. The van der Waals surface area contributed by atoms with Gasteiger partial charge in [-0.1, -0.05) is 12.1 Å². The number of morpholine rings is 1. The standard InChI is InChI=1S/C14H19N3O3.HI/c15-14(17-5-7-18-8-6-17)16-9-11-10-19-12-3-1-2-4-13(12)20-11;/h1-4,11H,5-10H2,(H2,15,16);1H. The molecule has 2 aliphatic rings. The maximum atomic E-state index is 5.98. The lowest BCUT2D eigenvalue weighted by Crippen LogP contribution is -2.45. The predicted octanol–water partition coefficient (Wildman–Crippen LogP) is 1.09. The first-order valence-electron chi connectivity index (χ1n) is 6.84. The monoisotopic (exact) mass is 405 g/mol. The largest absolute Gasteiger partial charge is 0.486 e. The molecule has 2 N–H and O–H groups in total. The fraction of sp³-hybridized carbons (Fsp3) is 0.500. The number of nitrogens with two attached hydrogens (primary N) is 1. The van der Waals surface area contributed by atoms with Crippen molar-refractivity contribution >= 4 is 29.9 Å². The molecule has 0 aliphatic carbocycles. The van der Waals surface area contributed by atoms with Crippen LogP contribution in [0.1, 0.15) is 0 Å². The quantitative estimate of drug-likeness (QED) is 0.453. The number of para-hydroxylation sites is 2. The van der Waals surface area contributed by atoms with Crippen LogP contribution in [0.2, 0.25) is 0 Å². The molecule has 0 amide bonds. The van der Waals surface area contributed by atoms with Gasteiger partial charge in [-0.3, -0.25) is 0 Å². The molecule has 21 heavy (non-hydrogen) atoms. The molecule has 0 saturated carbocycles. The van der Waals surface area contributed by atoms with Crippen molar-refractivity contribution in [2.24, 2.45) is 10.7 Å². The lowest BCUT2D eigenvalue weighted by atomic mass is 10.2. The van der Waals surface area contributed by atoms with Crippen LogP contribution in [0, 0.1) is 0 Å². The van der Waals surface area contributed by atoms with Crippen LogP contribution in [0.5, 0.6) is 11.5 Å². The second-order valence-corrected chi connectivity index (χ2v) is 4.80. The highest BCUT2D eigenvalue weighted by Gasteiger charge is 2.20. The first kappa shape index (κ1) is 16.2. The van der Waals surface area contributed by atoms with E-state index in [1.165, 1.54) is 0 Å². The summed E-state index contributed by atoms with van der Waals surface area (Å²) in [5, 5.41) is 0. The van der Waals surface area contributed by atoms with Crippen LogP contribution in [0.15, 0.2) is 29.3 Å². The minimum absolute atomic E-state index is 0. The lowest BCUT2D eigenvalue weighted by Gasteiger charge is -2.29. The summed E-state index contributed by atoms with van der Waals surface area (Å²) >= 11 is 0. The Morgan fingerprint density at radius 1 is 1.24 bits per heavy atom. The fourth-order valence-electron chi connectivity index (χ4n) is 2.24. The van der Waals surface area contributed by atoms with Crippen LogP contribution in [-0.2, 0) is 4.74 Å². The normalized spacial score (nSPS) is 21.6. The second kappa shape index (κ2) is 7.69. The molecule has 1 fully saturated rings. The van der Waals surface area contributed by atoms with E-state index >= 15 is 0 Å². The van der Waals surface area contributed by atoms with Crippen molar-refractivity contribution in [2.75, 3.05) is 39.5 Å². The van der Waals surface area contributed by atoms with Gasteiger partial charge in [0.15, 0.2) is 23.6 Å². The topological polar surface area (TPSA) is 69.3 Å². The minimum atomic E-state index is -0.0931. The zero-order valence-electron chi connectivity index (χ0n) is 11.7. The first-order valence-corrected chi connectivity index (χ1v) is 6.84. The molecule has 1 saturated heterocycles. The summed E-state index contributed by atoms with van der Waals surface area (Å²) in [5.41, 5.74) is 5.98. The maximum absolute atomic E-state index is 5.98. The van der Waals surface area contributed by atoms with Crippen molar-refractivity contribution in [3.63, 3.8) is 0 Å². The summed E-state index contributed by atoms with van der Waals surface area (Å²) in [5.74, 6) is 2.11. The van der Waals surface area contributed by atoms with Crippen LogP contribution in [0.4, 0.5) is 0 Å². The van der Waals surface area contributed by atoms with E-state index in [2.05, 4.69) is 4.99 Å². The summed E-state index contributed by atoms with van der Waals surface area (Å²) in [6.45, 7) is 3.98. The van der Waals surface area contributed by atoms with Gasteiger partial charge < -0.3 is 24.8 Å². The molecule has 3 rings (SSSR count). The van der Waals surface area contributed by atoms with Crippen molar-refractivity contribution in [3.05, 3.63) is 24.3 Å². The number of ether oxygens (including phenoxy) is 3. The molecule has 0 spiro atoms. The molecule has 1 aromatic rings. The smallest absolute Gasteiger partial charge is 0.191 e. The van der Waals surface area contributed by atoms with Crippen LogP contribution in [-0.4, -0.2) is 56.4 Å². The maximum Gasteiger partial charge on any atom is 0.191 e. The zero-order chi connectivity index (χ0) is 13.8. The summed E-state index contributed by atoms with van der Waals surface area (Å²) in [6, 6.07) is 7.65. The molecule has 0 bridgehead atoms. The Morgan fingerprint density at radius 2 is 1.95 bits per heavy atom. The highest BCUT2D eigenvalue weighted by Crippen LogP contribution is 2.30. The Hall–Kier alpha value is -1.22. The van der Waals surface area contributed by atoms with Gasteiger partial charge in [-0.2, -0.15) is 0 Å². The fourth-order valence-corrected chi connectivity index (χ4v) is 2.24. The van der Waals surface area contributed by atoms with E-state index in [9.17, 15) is 0 Å². The number of nitrogens with zero attached hydrogens (tertiary/aromatic N) is 2. The molecule has 0 aromatic heterocycles. The average molecular weight is 405 g/mol. The molecule has 6 nitrogen and oxygen atoms in total. The Labute approximate surface area is 141 Å². The van der Waals surface area contributed by atoms with Crippen molar-refractivity contribution < 1.29 is 14.2 Å². The molecule has 7 heteroatoms.